The molecule has 62 valence electrons. The van der Waals surface area contributed by atoms with Crippen molar-refractivity contribution in [1.82, 2.24) is 4.90 Å². The second kappa shape index (κ2) is 4.38. The zero-order valence-corrected chi connectivity index (χ0v) is 6.92. The standard InChI is InChI=1S/C9H16N2/c1-2-3-6-11-7-4-5-9(10)8-11/h1,9H,3-8,10H2. The van der Waals surface area contributed by atoms with Crippen molar-refractivity contribution >= 4 is 0 Å². The predicted octanol–water partition coefficient (Wildman–Crippen LogP) is 0.433. The Morgan fingerprint density at radius 3 is 3.09 bits per heavy atom. The van der Waals surface area contributed by atoms with Crippen molar-refractivity contribution in [2.45, 2.75) is 25.3 Å². The first-order valence-electron chi connectivity index (χ1n) is 4.24. The largest absolute Gasteiger partial charge is 0.327 e. The van der Waals surface area contributed by atoms with Crippen molar-refractivity contribution in [2.75, 3.05) is 19.6 Å². The van der Waals surface area contributed by atoms with Crippen LogP contribution >= 0.6 is 0 Å². The Balaban J connectivity index is 2.18. The molecule has 0 radical (unpaired) electrons. The Kier molecular flexibility index (Phi) is 3.41. The van der Waals surface area contributed by atoms with Crippen molar-refractivity contribution in [3.8, 4) is 12.3 Å². The van der Waals surface area contributed by atoms with Gasteiger partial charge in [-0.3, -0.25) is 0 Å². The lowest BCUT2D eigenvalue weighted by atomic mass is 10.1. The Hall–Kier alpha value is -0.520. The predicted molar refractivity (Wildman–Crippen MR) is 47.1 cm³/mol. The number of terminal acetylenes is 1. The molecule has 0 bridgehead atoms. The van der Waals surface area contributed by atoms with Crippen LogP contribution in [0.4, 0.5) is 0 Å². The van der Waals surface area contributed by atoms with E-state index in [1.807, 2.05) is 0 Å². The Morgan fingerprint density at radius 2 is 2.45 bits per heavy atom. The first kappa shape index (κ1) is 8.58. The SMILES string of the molecule is C#CCCN1CCCC(N)C1. The Labute approximate surface area is 68.8 Å². The molecule has 11 heavy (non-hydrogen) atoms. The molecule has 0 amide bonds. The summed E-state index contributed by atoms with van der Waals surface area (Å²) >= 11 is 0. The number of hydrogen-bond acceptors (Lipinski definition) is 2. The lowest BCUT2D eigenvalue weighted by molar-refractivity contribution is 0.213. The minimum Gasteiger partial charge on any atom is -0.327 e. The van der Waals surface area contributed by atoms with Crippen molar-refractivity contribution in [1.29, 1.82) is 0 Å². The number of hydrogen-bond donors (Lipinski definition) is 1. The minimum atomic E-state index is 0.376. The van der Waals surface area contributed by atoms with Gasteiger partial charge in [-0.2, -0.15) is 0 Å². The van der Waals surface area contributed by atoms with E-state index in [2.05, 4.69) is 10.8 Å². The third-order valence-electron chi connectivity index (χ3n) is 2.11. The van der Waals surface area contributed by atoms with Crippen LogP contribution in [0.3, 0.4) is 0 Å². The van der Waals surface area contributed by atoms with E-state index in [1.54, 1.807) is 0 Å². The summed E-state index contributed by atoms with van der Waals surface area (Å²) in [6, 6.07) is 0.376. The summed E-state index contributed by atoms with van der Waals surface area (Å²) < 4.78 is 0. The van der Waals surface area contributed by atoms with E-state index in [0.29, 0.717) is 6.04 Å². The van der Waals surface area contributed by atoms with Crippen LogP contribution in [0.25, 0.3) is 0 Å². The van der Waals surface area contributed by atoms with E-state index < -0.39 is 0 Å². The van der Waals surface area contributed by atoms with Crippen LogP contribution in [0.1, 0.15) is 19.3 Å². The van der Waals surface area contributed by atoms with Crippen LogP contribution in [0.2, 0.25) is 0 Å². The highest BCUT2D eigenvalue weighted by Crippen LogP contribution is 2.07. The fourth-order valence-electron chi connectivity index (χ4n) is 1.52. The molecule has 2 nitrogen and oxygen atoms in total. The first-order valence-corrected chi connectivity index (χ1v) is 4.24. The van der Waals surface area contributed by atoms with E-state index in [9.17, 15) is 0 Å². The van der Waals surface area contributed by atoms with Crippen LogP contribution in [-0.4, -0.2) is 30.6 Å². The second-order valence-corrected chi connectivity index (χ2v) is 3.16. The summed E-state index contributed by atoms with van der Waals surface area (Å²) in [4.78, 5) is 2.36. The minimum absolute atomic E-state index is 0.376. The normalized spacial score (nSPS) is 26.4. The van der Waals surface area contributed by atoms with Gasteiger partial charge in [0.2, 0.25) is 0 Å². The van der Waals surface area contributed by atoms with Gasteiger partial charge < -0.3 is 10.6 Å². The van der Waals surface area contributed by atoms with E-state index in [1.165, 1.54) is 19.4 Å². The number of rotatable bonds is 2. The van der Waals surface area contributed by atoms with Gasteiger partial charge in [0.1, 0.15) is 0 Å². The highest BCUT2D eigenvalue weighted by molar-refractivity contribution is 4.86. The number of nitrogens with zero attached hydrogens (tertiary/aromatic N) is 1. The molecular formula is C9H16N2. The molecule has 1 fully saturated rings. The Bertz CT molecular complexity index is 148. The maximum atomic E-state index is 5.80. The number of nitrogens with two attached hydrogens (primary N) is 1. The molecule has 1 unspecified atom stereocenters. The molecule has 2 N–H and O–H groups in total. The molecule has 1 saturated heterocycles. The molecule has 1 heterocycles. The average molecular weight is 152 g/mol. The highest BCUT2D eigenvalue weighted by atomic mass is 15.1. The van der Waals surface area contributed by atoms with Gasteiger partial charge in [-0.1, -0.05) is 0 Å². The monoisotopic (exact) mass is 152 g/mol. The Morgan fingerprint density at radius 1 is 1.64 bits per heavy atom. The zero-order valence-electron chi connectivity index (χ0n) is 6.92. The van der Waals surface area contributed by atoms with E-state index in [4.69, 9.17) is 12.2 Å². The molecule has 1 aliphatic rings. The molecule has 1 atom stereocenters. The maximum Gasteiger partial charge on any atom is 0.0214 e. The van der Waals surface area contributed by atoms with Crippen molar-refractivity contribution in [2.24, 2.45) is 5.73 Å². The molecule has 0 saturated carbocycles. The average Bonchev–Trinajstić information content (AvgIpc) is 2.01. The topological polar surface area (TPSA) is 29.3 Å². The van der Waals surface area contributed by atoms with Crippen LogP contribution < -0.4 is 5.73 Å². The fraction of sp³-hybridized carbons (Fsp3) is 0.778. The summed E-state index contributed by atoms with van der Waals surface area (Å²) in [5.74, 6) is 2.65. The van der Waals surface area contributed by atoms with Gasteiger partial charge in [0.25, 0.3) is 0 Å². The summed E-state index contributed by atoms with van der Waals surface area (Å²) in [5.41, 5.74) is 5.80. The summed E-state index contributed by atoms with van der Waals surface area (Å²) in [6.45, 7) is 3.22. The van der Waals surface area contributed by atoms with Gasteiger partial charge in [-0.05, 0) is 19.4 Å². The van der Waals surface area contributed by atoms with Crippen LogP contribution in [0.15, 0.2) is 0 Å². The van der Waals surface area contributed by atoms with Gasteiger partial charge in [0.15, 0.2) is 0 Å². The van der Waals surface area contributed by atoms with E-state index >= 15 is 0 Å². The molecular weight excluding hydrogens is 136 g/mol. The third-order valence-corrected chi connectivity index (χ3v) is 2.11. The van der Waals surface area contributed by atoms with E-state index in [-0.39, 0.29) is 0 Å². The highest BCUT2D eigenvalue weighted by Gasteiger charge is 2.14. The number of piperidine rings is 1. The van der Waals surface area contributed by atoms with Crippen LogP contribution in [-0.2, 0) is 0 Å². The summed E-state index contributed by atoms with van der Waals surface area (Å²) in [5, 5.41) is 0. The second-order valence-electron chi connectivity index (χ2n) is 3.16. The first-order chi connectivity index (χ1) is 5.33. The van der Waals surface area contributed by atoms with Gasteiger partial charge in [0, 0.05) is 25.6 Å². The summed E-state index contributed by atoms with van der Waals surface area (Å²) in [7, 11) is 0. The molecule has 0 aliphatic carbocycles. The van der Waals surface area contributed by atoms with Crippen LogP contribution in [0, 0.1) is 12.3 Å². The number of likely N-dealkylation sites (tertiary alicyclic amines) is 1. The summed E-state index contributed by atoms with van der Waals surface area (Å²) in [6.07, 6.45) is 8.43. The molecule has 2 heteroatoms. The van der Waals surface area contributed by atoms with Gasteiger partial charge in [0.05, 0.1) is 0 Å². The fourth-order valence-corrected chi connectivity index (χ4v) is 1.52. The molecule has 0 aromatic carbocycles. The quantitative estimate of drug-likeness (QED) is 0.581. The lowest BCUT2D eigenvalue weighted by Crippen LogP contribution is -2.42. The molecule has 0 spiro atoms. The third kappa shape index (κ3) is 2.92. The zero-order chi connectivity index (χ0) is 8.10. The lowest BCUT2D eigenvalue weighted by Gasteiger charge is -2.29. The van der Waals surface area contributed by atoms with Gasteiger partial charge in [-0.15, -0.1) is 12.3 Å². The van der Waals surface area contributed by atoms with Gasteiger partial charge >= 0.3 is 0 Å². The molecule has 1 aliphatic heterocycles. The van der Waals surface area contributed by atoms with E-state index in [0.717, 1.165) is 19.5 Å². The molecule has 0 aromatic heterocycles. The maximum absolute atomic E-state index is 5.80. The van der Waals surface area contributed by atoms with Crippen molar-refractivity contribution in [3.63, 3.8) is 0 Å². The molecule has 1 rings (SSSR count). The smallest absolute Gasteiger partial charge is 0.0214 e. The van der Waals surface area contributed by atoms with Crippen LogP contribution in [0.5, 0.6) is 0 Å². The van der Waals surface area contributed by atoms with Crippen molar-refractivity contribution < 1.29 is 0 Å². The molecule has 0 aromatic rings. The van der Waals surface area contributed by atoms with Gasteiger partial charge in [-0.25, -0.2) is 0 Å². The van der Waals surface area contributed by atoms with Crippen molar-refractivity contribution in [3.05, 3.63) is 0 Å².